The molecule has 1 unspecified atom stereocenters. The third-order valence-electron chi connectivity index (χ3n) is 1.60. The Morgan fingerprint density at radius 2 is 2.55 bits per heavy atom. The van der Waals surface area contributed by atoms with E-state index in [9.17, 15) is 0 Å². The second-order valence-electron chi connectivity index (χ2n) is 2.36. The Hall–Kier alpha value is -0.370. The van der Waals surface area contributed by atoms with Crippen LogP contribution in [0.15, 0.2) is 22.8 Å². The molecule has 0 bridgehead atoms. The van der Waals surface area contributed by atoms with Gasteiger partial charge >= 0.3 is 0 Å². The van der Waals surface area contributed by atoms with Crippen molar-refractivity contribution in [1.82, 2.24) is 0 Å². The zero-order chi connectivity index (χ0) is 8.10. The van der Waals surface area contributed by atoms with E-state index >= 15 is 0 Å². The van der Waals surface area contributed by atoms with E-state index in [1.54, 1.807) is 6.26 Å². The fourth-order valence-electron chi connectivity index (χ4n) is 0.922. The molecule has 0 spiro atoms. The van der Waals surface area contributed by atoms with Gasteiger partial charge in [0, 0.05) is 11.7 Å². The summed E-state index contributed by atoms with van der Waals surface area (Å²) in [5.74, 6) is 0.978. The van der Waals surface area contributed by atoms with E-state index in [2.05, 4.69) is 19.6 Å². The maximum atomic E-state index is 5.20. The molecule has 0 aliphatic carbocycles. The van der Waals surface area contributed by atoms with Crippen molar-refractivity contribution < 1.29 is 4.42 Å². The summed E-state index contributed by atoms with van der Waals surface area (Å²) in [6.07, 6.45) is 7.14. The first-order valence-electron chi connectivity index (χ1n) is 3.78. The molecule has 0 N–H and O–H groups in total. The molecule has 0 fully saturated rings. The first-order chi connectivity index (χ1) is 5.36. The normalized spacial score (nSPS) is 13.3. The van der Waals surface area contributed by atoms with E-state index in [4.69, 9.17) is 4.42 Å². The Kier molecular flexibility index (Phi) is 3.57. The standard InChI is InChI=1S/C9H13OS/c1-3-9(11-2)7-8-5-4-6-10-8/h4-7,9H,3H2,1-2H3. The zero-order valence-electron chi connectivity index (χ0n) is 6.91. The Bertz CT molecular complexity index is 177. The van der Waals surface area contributed by atoms with Crippen LogP contribution in [0.3, 0.4) is 0 Å². The van der Waals surface area contributed by atoms with Gasteiger partial charge in [0.25, 0.3) is 0 Å². The number of thioether (sulfide) groups is 1. The lowest BCUT2D eigenvalue weighted by molar-refractivity contribution is 0.535. The van der Waals surface area contributed by atoms with E-state index in [0.29, 0.717) is 5.25 Å². The van der Waals surface area contributed by atoms with E-state index in [1.165, 1.54) is 0 Å². The second-order valence-corrected chi connectivity index (χ2v) is 3.44. The molecule has 1 rings (SSSR count). The van der Waals surface area contributed by atoms with Gasteiger partial charge in [0.2, 0.25) is 0 Å². The van der Waals surface area contributed by atoms with E-state index in [-0.39, 0.29) is 0 Å². The Labute approximate surface area is 72.2 Å². The van der Waals surface area contributed by atoms with Crippen molar-refractivity contribution in [1.29, 1.82) is 0 Å². The van der Waals surface area contributed by atoms with Gasteiger partial charge in [0.05, 0.1) is 6.26 Å². The molecule has 0 aliphatic heterocycles. The van der Waals surface area contributed by atoms with Crippen LogP contribution in [0, 0.1) is 6.42 Å². The third-order valence-corrected chi connectivity index (χ3v) is 2.67. The fraction of sp³-hybridized carbons (Fsp3) is 0.444. The second kappa shape index (κ2) is 4.50. The average molecular weight is 169 g/mol. The molecule has 0 amide bonds. The minimum Gasteiger partial charge on any atom is -0.469 e. The lowest BCUT2D eigenvalue weighted by Gasteiger charge is -2.07. The van der Waals surface area contributed by atoms with Gasteiger partial charge in [-0.25, -0.2) is 0 Å². The van der Waals surface area contributed by atoms with Crippen molar-refractivity contribution in [3.05, 3.63) is 30.6 Å². The largest absolute Gasteiger partial charge is 0.469 e. The molecule has 2 heteroatoms. The lowest BCUT2D eigenvalue weighted by Crippen LogP contribution is -2.00. The predicted octanol–water partition coefficient (Wildman–Crippen LogP) is 2.97. The van der Waals surface area contributed by atoms with Gasteiger partial charge in [0.15, 0.2) is 0 Å². The van der Waals surface area contributed by atoms with Crippen molar-refractivity contribution in [3.8, 4) is 0 Å². The molecule has 0 aromatic carbocycles. The molecule has 1 atom stereocenters. The Morgan fingerprint density at radius 1 is 1.73 bits per heavy atom. The number of rotatable bonds is 4. The summed E-state index contributed by atoms with van der Waals surface area (Å²) in [5, 5.41) is 0.584. The third kappa shape index (κ3) is 2.62. The minimum absolute atomic E-state index is 0.584. The molecular formula is C9H13OS. The molecule has 0 saturated heterocycles. The number of furan rings is 1. The van der Waals surface area contributed by atoms with Crippen LogP contribution in [0.25, 0.3) is 0 Å². The minimum atomic E-state index is 0.584. The lowest BCUT2D eigenvalue weighted by atomic mass is 10.2. The zero-order valence-corrected chi connectivity index (χ0v) is 7.73. The van der Waals surface area contributed by atoms with Gasteiger partial charge in [-0.3, -0.25) is 0 Å². The van der Waals surface area contributed by atoms with Gasteiger partial charge in [-0.2, -0.15) is 11.8 Å². The molecule has 1 aromatic heterocycles. The van der Waals surface area contributed by atoms with E-state index < -0.39 is 0 Å². The monoisotopic (exact) mass is 169 g/mol. The summed E-state index contributed by atoms with van der Waals surface area (Å²) >= 11 is 1.85. The maximum Gasteiger partial charge on any atom is 0.108 e. The number of hydrogen-bond acceptors (Lipinski definition) is 2. The molecule has 11 heavy (non-hydrogen) atoms. The van der Waals surface area contributed by atoms with Crippen molar-refractivity contribution in [2.24, 2.45) is 0 Å². The molecule has 1 heterocycles. The molecule has 1 nitrogen and oxygen atoms in total. The molecule has 0 saturated carbocycles. The molecule has 1 aromatic rings. The van der Waals surface area contributed by atoms with Gasteiger partial charge in [-0.15, -0.1) is 0 Å². The smallest absolute Gasteiger partial charge is 0.108 e. The summed E-state index contributed by atoms with van der Waals surface area (Å²) in [5.41, 5.74) is 0. The maximum absolute atomic E-state index is 5.20. The highest BCUT2D eigenvalue weighted by Gasteiger charge is 2.06. The topological polar surface area (TPSA) is 13.1 Å². The van der Waals surface area contributed by atoms with Crippen LogP contribution in [-0.2, 0) is 0 Å². The number of hydrogen-bond donors (Lipinski definition) is 0. The van der Waals surface area contributed by atoms with Gasteiger partial charge in [-0.05, 0) is 24.8 Å². The molecule has 0 aliphatic rings. The van der Waals surface area contributed by atoms with Gasteiger partial charge in [0.1, 0.15) is 5.76 Å². The SMILES string of the molecule is CCC([CH]c1ccco1)SC. The fourth-order valence-corrected chi connectivity index (χ4v) is 1.53. The highest BCUT2D eigenvalue weighted by Crippen LogP contribution is 2.18. The van der Waals surface area contributed by atoms with Crippen molar-refractivity contribution in [2.45, 2.75) is 18.6 Å². The van der Waals surface area contributed by atoms with Crippen LogP contribution in [0.1, 0.15) is 19.1 Å². The van der Waals surface area contributed by atoms with Crippen LogP contribution in [-0.4, -0.2) is 11.5 Å². The van der Waals surface area contributed by atoms with Crippen LogP contribution in [0.4, 0.5) is 0 Å². The predicted molar refractivity (Wildman–Crippen MR) is 49.7 cm³/mol. The van der Waals surface area contributed by atoms with Crippen LogP contribution < -0.4 is 0 Å². The Morgan fingerprint density at radius 3 is 3.00 bits per heavy atom. The molecule has 1 radical (unpaired) electrons. The van der Waals surface area contributed by atoms with Gasteiger partial charge in [-0.1, -0.05) is 6.92 Å². The van der Waals surface area contributed by atoms with Crippen LogP contribution in [0.5, 0.6) is 0 Å². The summed E-state index contributed by atoms with van der Waals surface area (Å²) in [4.78, 5) is 0. The summed E-state index contributed by atoms with van der Waals surface area (Å²) in [6, 6.07) is 3.90. The van der Waals surface area contributed by atoms with Crippen molar-refractivity contribution >= 4 is 11.8 Å². The summed E-state index contributed by atoms with van der Waals surface area (Å²) in [6.45, 7) is 2.18. The average Bonchev–Trinajstić information content (AvgIpc) is 2.52. The van der Waals surface area contributed by atoms with Gasteiger partial charge < -0.3 is 4.42 Å². The van der Waals surface area contributed by atoms with Crippen LogP contribution >= 0.6 is 11.8 Å². The first-order valence-corrected chi connectivity index (χ1v) is 5.06. The quantitative estimate of drug-likeness (QED) is 0.687. The molecular weight excluding hydrogens is 156 g/mol. The summed E-state index contributed by atoms with van der Waals surface area (Å²) < 4.78 is 5.20. The Balaban J connectivity index is 2.41. The van der Waals surface area contributed by atoms with E-state index in [1.807, 2.05) is 23.9 Å². The van der Waals surface area contributed by atoms with Crippen molar-refractivity contribution in [2.75, 3.05) is 6.26 Å². The highest BCUT2D eigenvalue weighted by molar-refractivity contribution is 7.99. The highest BCUT2D eigenvalue weighted by atomic mass is 32.2. The first kappa shape index (κ1) is 8.72. The van der Waals surface area contributed by atoms with Crippen LogP contribution in [0.2, 0.25) is 0 Å². The molecule has 61 valence electrons. The van der Waals surface area contributed by atoms with E-state index in [0.717, 1.165) is 12.2 Å². The summed E-state index contributed by atoms with van der Waals surface area (Å²) in [7, 11) is 0. The van der Waals surface area contributed by atoms with Crippen molar-refractivity contribution in [3.63, 3.8) is 0 Å².